The van der Waals surface area contributed by atoms with E-state index in [1.165, 1.54) is 5.56 Å². The zero-order valence-corrected chi connectivity index (χ0v) is 10.7. The Morgan fingerprint density at radius 1 is 1.19 bits per heavy atom. The lowest BCUT2D eigenvalue weighted by molar-refractivity contribution is 0.0527. The van der Waals surface area contributed by atoms with Gasteiger partial charge in [-0.2, -0.15) is 0 Å². The molecule has 2 atom stereocenters. The second kappa shape index (κ2) is 6.66. The maximum Gasteiger partial charge on any atom is 0.0976 e. The van der Waals surface area contributed by atoms with E-state index in [1.54, 1.807) is 7.11 Å². The average Bonchev–Trinajstić information content (AvgIpc) is 2.30. The number of ether oxygens (including phenoxy) is 1. The summed E-state index contributed by atoms with van der Waals surface area (Å²) in [5.74, 6) is 0.546. The predicted octanol–water partition coefficient (Wildman–Crippen LogP) is 3.01. The van der Waals surface area contributed by atoms with E-state index in [4.69, 9.17) is 4.74 Å². The second-order valence-corrected chi connectivity index (χ2v) is 4.39. The third kappa shape index (κ3) is 3.32. The third-order valence-electron chi connectivity index (χ3n) is 2.87. The average molecular weight is 221 g/mol. The summed E-state index contributed by atoms with van der Waals surface area (Å²) in [6.45, 7) is 7.55. The normalized spacial score (nSPS) is 15.1. The van der Waals surface area contributed by atoms with Crippen LogP contribution in [0.15, 0.2) is 30.3 Å². The van der Waals surface area contributed by atoms with Gasteiger partial charge in [0, 0.05) is 13.2 Å². The van der Waals surface area contributed by atoms with Crippen molar-refractivity contribution < 1.29 is 4.74 Å². The fourth-order valence-electron chi connectivity index (χ4n) is 2.06. The van der Waals surface area contributed by atoms with Crippen molar-refractivity contribution in [1.82, 2.24) is 5.32 Å². The van der Waals surface area contributed by atoms with Crippen LogP contribution in [0.3, 0.4) is 0 Å². The van der Waals surface area contributed by atoms with Gasteiger partial charge in [-0.05, 0) is 18.0 Å². The summed E-state index contributed by atoms with van der Waals surface area (Å²) in [6.07, 6.45) is 0.126. The zero-order valence-electron chi connectivity index (χ0n) is 10.7. The largest absolute Gasteiger partial charge is 0.375 e. The molecule has 0 saturated carbocycles. The highest BCUT2D eigenvalue weighted by Gasteiger charge is 2.24. The molecular formula is C14H23NO. The van der Waals surface area contributed by atoms with E-state index < -0.39 is 0 Å². The maximum atomic E-state index is 5.65. The molecule has 0 aliphatic heterocycles. The molecule has 0 bridgehead atoms. The van der Waals surface area contributed by atoms with Crippen molar-refractivity contribution in [1.29, 1.82) is 0 Å². The van der Waals surface area contributed by atoms with Crippen LogP contribution in [0.1, 0.15) is 32.4 Å². The Kier molecular flexibility index (Phi) is 5.50. The maximum absolute atomic E-state index is 5.65. The fourth-order valence-corrected chi connectivity index (χ4v) is 2.06. The summed E-state index contributed by atoms with van der Waals surface area (Å²) in [6, 6.07) is 10.8. The van der Waals surface area contributed by atoms with Gasteiger partial charge in [-0.3, -0.25) is 0 Å². The highest BCUT2D eigenvalue weighted by Crippen LogP contribution is 2.24. The number of likely N-dealkylation sites (N-methyl/N-ethyl adjacent to an activating group) is 1. The molecule has 0 radical (unpaired) electrons. The van der Waals surface area contributed by atoms with Crippen LogP contribution in [-0.2, 0) is 4.74 Å². The Hall–Kier alpha value is -0.860. The molecule has 2 heteroatoms. The van der Waals surface area contributed by atoms with Gasteiger partial charge in [0.2, 0.25) is 0 Å². The van der Waals surface area contributed by atoms with Crippen LogP contribution in [-0.4, -0.2) is 19.7 Å². The highest BCUT2D eigenvalue weighted by atomic mass is 16.5. The number of benzene rings is 1. The lowest BCUT2D eigenvalue weighted by Crippen LogP contribution is -2.39. The van der Waals surface area contributed by atoms with Crippen molar-refractivity contribution in [2.45, 2.75) is 32.9 Å². The summed E-state index contributed by atoms with van der Waals surface area (Å²) in [5, 5.41) is 3.51. The Morgan fingerprint density at radius 3 is 2.25 bits per heavy atom. The molecule has 0 fully saturated rings. The van der Waals surface area contributed by atoms with Gasteiger partial charge < -0.3 is 10.1 Å². The summed E-state index contributed by atoms with van der Waals surface area (Å²) < 4.78 is 5.65. The molecular weight excluding hydrogens is 198 g/mol. The predicted molar refractivity (Wildman–Crippen MR) is 68.5 cm³/mol. The minimum atomic E-state index is 0.126. The first kappa shape index (κ1) is 13.2. The SMILES string of the molecule is CCNC(C(C)C)C(OC)c1ccccc1. The molecule has 1 N–H and O–H groups in total. The van der Waals surface area contributed by atoms with Crippen LogP contribution >= 0.6 is 0 Å². The van der Waals surface area contributed by atoms with Gasteiger partial charge in [0.05, 0.1) is 6.10 Å². The lowest BCUT2D eigenvalue weighted by Gasteiger charge is -2.30. The Bertz CT molecular complexity index is 284. The summed E-state index contributed by atoms with van der Waals surface area (Å²) in [4.78, 5) is 0. The van der Waals surface area contributed by atoms with Crippen LogP contribution in [0.5, 0.6) is 0 Å². The van der Waals surface area contributed by atoms with Gasteiger partial charge in [0.1, 0.15) is 0 Å². The molecule has 0 aliphatic carbocycles. The second-order valence-electron chi connectivity index (χ2n) is 4.39. The Morgan fingerprint density at radius 2 is 1.81 bits per heavy atom. The third-order valence-corrected chi connectivity index (χ3v) is 2.87. The molecule has 2 unspecified atom stereocenters. The molecule has 1 aromatic rings. The van der Waals surface area contributed by atoms with Crippen LogP contribution < -0.4 is 5.32 Å². The van der Waals surface area contributed by atoms with E-state index >= 15 is 0 Å². The van der Waals surface area contributed by atoms with E-state index in [1.807, 2.05) is 6.07 Å². The van der Waals surface area contributed by atoms with Gasteiger partial charge in [-0.15, -0.1) is 0 Å². The standard InChI is InChI=1S/C14H23NO/c1-5-15-13(11(2)3)14(16-4)12-9-7-6-8-10-12/h6-11,13-15H,5H2,1-4H3. The number of hydrogen-bond acceptors (Lipinski definition) is 2. The van der Waals surface area contributed by atoms with Crippen LogP contribution in [0.4, 0.5) is 0 Å². The number of hydrogen-bond donors (Lipinski definition) is 1. The van der Waals surface area contributed by atoms with E-state index in [0.29, 0.717) is 12.0 Å². The van der Waals surface area contributed by atoms with Crippen LogP contribution in [0.25, 0.3) is 0 Å². The number of methoxy groups -OCH3 is 1. The first-order valence-electron chi connectivity index (χ1n) is 6.01. The Balaban J connectivity index is 2.86. The van der Waals surface area contributed by atoms with Gasteiger partial charge >= 0.3 is 0 Å². The summed E-state index contributed by atoms with van der Waals surface area (Å²) in [7, 11) is 1.78. The molecule has 0 amide bonds. The van der Waals surface area contributed by atoms with Gasteiger partial charge in [-0.25, -0.2) is 0 Å². The topological polar surface area (TPSA) is 21.3 Å². The molecule has 0 aliphatic rings. The van der Waals surface area contributed by atoms with E-state index in [0.717, 1.165) is 6.54 Å². The summed E-state index contributed by atoms with van der Waals surface area (Å²) in [5.41, 5.74) is 1.24. The molecule has 2 nitrogen and oxygen atoms in total. The van der Waals surface area contributed by atoms with E-state index in [2.05, 4.69) is 50.4 Å². The van der Waals surface area contributed by atoms with Gasteiger partial charge in [0.25, 0.3) is 0 Å². The van der Waals surface area contributed by atoms with Crippen LogP contribution in [0, 0.1) is 5.92 Å². The van der Waals surface area contributed by atoms with Crippen molar-refractivity contribution >= 4 is 0 Å². The monoisotopic (exact) mass is 221 g/mol. The quantitative estimate of drug-likeness (QED) is 0.797. The minimum absolute atomic E-state index is 0.126. The van der Waals surface area contributed by atoms with E-state index in [9.17, 15) is 0 Å². The molecule has 0 heterocycles. The first-order valence-corrected chi connectivity index (χ1v) is 6.01. The molecule has 0 aromatic heterocycles. The van der Waals surface area contributed by atoms with Gasteiger partial charge in [0.15, 0.2) is 0 Å². The number of nitrogens with one attached hydrogen (secondary N) is 1. The molecule has 1 aromatic carbocycles. The first-order chi connectivity index (χ1) is 7.70. The van der Waals surface area contributed by atoms with Crippen molar-refractivity contribution in [3.05, 3.63) is 35.9 Å². The molecule has 0 spiro atoms. The minimum Gasteiger partial charge on any atom is -0.375 e. The smallest absolute Gasteiger partial charge is 0.0976 e. The molecule has 1 rings (SSSR count). The lowest BCUT2D eigenvalue weighted by atomic mass is 9.93. The van der Waals surface area contributed by atoms with Crippen molar-refractivity contribution in [3.8, 4) is 0 Å². The molecule has 90 valence electrons. The van der Waals surface area contributed by atoms with Gasteiger partial charge in [-0.1, -0.05) is 51.1 Å². The molecule has 0 saturated heterocycles. The Labute approximate surface area is 99.0 Å². The highest BCUT2D eigenvalue weighted by molar-refractivity contribution is 5.19. The fraction of sp³-hybridized carbons (Fsp3) is 0.571. The molecule has 16 heavy (non-hydrogen) atoms. The van der Waals surface area contributed by atoms with Crippen LogP contribution in [0.2, 0.25) is 0 Å². The zero-order chi connectivity index (χ0) is 12.0. The van der Waals surface area contributed by atoms with Crippen molar-refractivity contribution in [2.75, 3.05) is 13.7 Å². The number of rotatable bonds is 6. The summed E-state index contributed by atoms with van der Waals surface area (Å²) >= 11 is 0. The van der Waals surface area contributed by atoms with E-state index in [-0.39, 0.29) is 6.10 Å². The van der Waals surface area contributed by atoms with Crippen molar-refractivity contribution in [3.63, 3.8) is 0 Å². The van der Waals surface area contributed by atoms with Crippen molar-refractivity contribution in [2.24, 2.45) is 5.92 Å².